The van der Waals surface area contributed by atoms with Crippen LogP contribution in [0, 0.1) is 0 Å². The van der Waals surface area contributed by atoms with E-state index >= 15 is 0 Å². The van der Waals surface area contributed by atoms with Gasteiger partial charge in [0.15, 0.2) is 0 Å². The molecule has 1 atom stereocenters. The number of benzene rings is 1. The van der Waals surface area contributed by atoms with E-state index in [1.807, 2.05) is 24.3 Å². The van der Waals surface area contributed by atoms with Crippen molar-refractivity contribution in [3.05, 3.63) is 29.8 Å². The van der Waals surface area contributed by atoms with Gasteiger partial charge in [-0.05, 0) is 18.1 Å². The minimum atomic E-state index is -0.502. The molecule has 2 rings (SSSR count). The number of fused-ring (bicyclic) bond motifs is 1. The molecule has 1 aromatic rings. The lowest BCUT2D eigenvalue weighted by Gasteiger charge is -2.30. The summed E-state index contributed by atoms with van der Waals surface area (Å²) in [6, 6.07) is 7.77. The number of amides is 1. The molecule has 5 heteroatoms. The van der Waals surface area contributed by atoms with Gasteiger partial charge >= 0.3 is 5.97 Å². The minimum Gasteiger partial charge on any atom is -0.468 e. The van der Waals surface area contributed by atoms with Gasteiger partial charge in [-0.2, -0.15) is 0 Å². The van der Waals surface area contributed by atoms with Gasteiger partial charge in [-0.25, -0.2) is 0 Å². The average Bonchev–Trinajstić information content (AvgIpc) is 2.41. The maximum Gasteiger partial charge on any atom is 0.321 e. The number of nitrogens with zero attached hydrogens (tertiary/aromatic N) is 1. The van der Waals surface area contributed by atoms with E-state index in [0.717, 1.165) is 17.7 Å². The van der Waals surface area contributed by atoms with E-state index in [1.165, 1.54) is 7.11 Å². The van der Waals surface area contributed by atoms with E-state index < -0.39 is 4.83 Å². The van der Waals surface area contributed by atoms with Crippen LogP contribution in [0.2, 0.25) is 0 Å². The summed E-state index contributed by atoms with van der Waals surface area (Å²) in [7, 11) is 1.34. The zero-order valence-corrected chi connectivity index (χ0v) is 11.6. The summed E-state index contributed by atoms with van der Waals surface area (Å²) < 4.78 is 4.65. The van der Waals surface area contributed by atoms with Crippen molar-refractivity contribution in [1.29, 1.82) is 0 Å². The fourth-order valence-corrected chi connectivity index (χ4v) is 2.54. The Bertz CT molecular complexity index is 475. The molecule has 4 nitrogen and oxygen atoms in total. The number of methoxy groups -OCH3 is 1. The Kier molecular flexibility index (Phi) is 4.01. The van der Waals surface area contributed by atoms with Crippen molar-refractivity contribution in [2.45, 2.75) is 17.7 Å². The monoisotopic (exact) mass is 311 g/mol. The van der Waals surface area contributed by atoms with Crippen LogP contribution in [0.3, 0.4) is 0 Å². The molecule has 1 aromatic carbocycles. The number of halogens is 1. The summed E-state index contributed by atoms with van der Waals surface area (Å²) in [5, 5.41) is 0. The smallest absolute Gasteiger partial charge is 0.321 e. The molecule has 1 aliphatic rings. The third kappa shape index (κ3) is 2.56. The van der Waals surface area contributed by atoms with Gasteiger partial charge in [-0.1, -0.05) is 34.1 Å². The Hall–Kier alpha value is -1.36. The van der Waals surface area contributed by atoms with E-state index in [4.69, 9.17) is 0 Å². The first kappa shape index (κ1) is 13.1. The molecule has 1 unspecified atom stereocenters. The van der Waals surface area contributed by atoms with Crippen molar-refractivity contribution in [1.82, 2.24) is 0 Å². The molecule has 18 heavy (non-hydrogen) atoms. The first-order valence-corrected chi connectivity index (χ1v) is 6.65. The van der Waals surface area contributed by atoms with Crippen molar-refractivity contribution in [2.75, 3.05) is 18.6 Å². The number of rotatable bonds is 3. The van der Waals surface area contributed by atoms with Crippen LogP contribution in [0.4, 0.5) is 5.69 Å². The Balaban J connectivity index is 2.22. The van der Waals surface area contributed by atoms with Crippen LogP contribution in [0.5, 0.6) is 0 Å². The van der Waals surface area contributed by atoms with Crippen LogP contribution < -0.4 is 4.90 Å². The zero-order valence-electron chi connectivity index (χ0n) is 10.1. The molecule has 1 heterocycles. The quantitative estimate of drug-likeness (QED) is 0.633. The van der Waals surface area contributed by atoms with Gasteiger partial charge in [0.25, 0.3) is 0 Å². The molecular formula is C13H14BrNO3. The molecule has 0 fully saturated rings. The SMILES string of the molecule is COC(=O)C(Br)CN1C(=O)CCc2ccccc21. The molecule has 0 aliphatic carbocycles. The first-order valence-electron chi connectivity index (χ1n) is 5.73. The lowest BCUT2D eigenvalue weighted by molar-refractivity contribution is -0.139. The second-order valence-electron chi connectivity index (χ2n) is 4.12. The molecule has 1 amide bonds. The highest BCUT2D eigenvalue weighted by molar-refractivity contribution is 9.10. The van der Waals surface area contributed by atoms with Crippen molar-refractivity contribution in [2.24, 2.45) is 0 Å². The van der Waals surface area contributed by atoms with Crippen LogP contribution in [-0.4, -0.2) is 30.4 Å². The zero-order chi connectivity index (χ0) is 13.1. The number of hydrogen-bond acceptors (Lipinski definition) is 3. The predicted octanol–water partition coefficient (Wildman–Crippen LogP) is 1.90. The van der Waals surface area contributed by atoms with Crippen molar-refractivity contribution >= 4 is 33.5 Å². The fourth-order valence-electron chi connectivity index (χ4n) is 2.06. The lowest BCUT2D eigenvalue weighted by Crippen LogP contribution is -2.41. The van der Waals surface area contributed by atoms with Gasteiger partial charge in [-0.3, -0.25) is 9.59 Å². The summed E-state index contributed by atoms with van der Waals surface area (Å²) in [5.41, 5.74) is 2.03. The standard InChI is InChI=1S/C13H14BrNO3/c1-18-13(17)10(14)8-15-11-5-3-2-4-9(11)6-7-12(15)16/h2-5,10H,6-8H2,1H3. The van der Waals surface area contributed by atoms with Gasteiger partial charge < -0.3 is 9.64 Å². The Morgan fingerprint density at radius 2 is 2.17 bits per heavy atom. The van der Waals surface area contributed by atoms with E-state index in [0.29, 0.717) is 13.0 Å². The molecule has 0 saturated heterocycles. The number of ether oxygens (including phenoxy) is 1. The largest absolute Gasteiger partial charge is 0.468 e. The highest BCUT2D eigenvalue weighted by atomic mass is 79.9. The Labute approximate surface area is 114 Å². The number of carbonyl (C=O) groups is 2. The number of aryl methyl sites for hydroxylation is 1. The molecule has 0 N–H and O–H groups in total. The van der Waals surface area contributed by atoms with Gasteiger partial charge in [0.1, 0.15) is 4.83 Å². The molecular weight excluding hydrogens is 298 g/mol. The van der Waals surface area contributed by atoms with Gasteiger partial charge in [0, 0.05) is 18.7 Å². The number of esters is 1. The van der Waals surface area contributed by atoms with Crippen molar-refractivity contribution < 1.29 is 14.3 Å². The Morgan fingerprint density at radius 3 is 2.89 bits per heavy atom. The summed E-state index contributed by atoms with van der Waals surface area (Å²) in [6.07, 6.45) is 1.24. The highest BCUT2D eigenvalue weighted by Crippen LogP contribution is 2.28. The predicted molar refractivity (Wildman–Crippen MR) is 71.8 cm³/mol. The van der Waals surface area contributed by atoms with Crippen LogP contribution in [0.15, 0.2) is 24.3 Å². The maximum absolute atomic E-state index is 12.0. The summed E-state index contributed by atoms with van der Waals surface area (Å²) >= 11 is 3.25. The number of alkyl halides is 1. The van der Waals surface area contributed by atoms with Crippen LogP contribution in [0.25, 0.3) is 0 Å². The van der Waals surface area contributed by atoms with E-state index in [1.54, 1.807) is 4.90 Å². The summed E-state index contributed by atoms with van der Waals surface area (Å²) in [4.78, 5) is 24.5. The third-order valence-corrected chi connectivity index (χ3v) is 3.65. The maximum atomic E-state index is 12.0. The molecule has 0 spiro atoms. The van der Waals surface area contributed by atoms with Crippen molar-refractivity contribution in [3.63, 3.8) is 0 Å². The van der Waals surface area contributed by atoms with Gasteiger partial charge in [0.2, 0.25) is 5.91 Å². The van der Waals surface area contributed by atoms with E-state index in [2.05, 4.69) is 20.7 Å². The van der Waals surface area contributed by atoms with Crippen molar-refractivity contribution in [3.8, 4) is 0 Å². The second kappa shape index (κ2) is 5.52. The number of anilines is 1. The Morgan fingerprint density at radius 1 is 1.44 bits per heavy atom. The summed E-state index contributed by atoms with van der Waals surface area (Å²) in [6.45, 7) is 0.294. The molecule has 1 aliphatic heterocycles. The fraction of sp³-hybridized carbons (Fsp3) is 0.385. The average molecular weight is 312 g/mol. The van der Waals surface area contributed by atoms with Crippen LogP contribution in [0.1, 0.15) is 12.0 Å². The molecule has 0 aromatic heterocycles. The normalized spacial score (nSPS) is 16.1. The number of carbonyl (C=O) groups excluding carboxylic acids is 2. The van der Waals surface area contributed by atoms with Crippen LogP contribution >= 0.6 is 15.9 Å². The van der Waals surface area contributed by atoms with Crippen LogP contribution in [-0.2, 0) is 20.7 Å². The molecule has 96 valence electrons. The first-order chi connectivity index (χ1) is 8.63. The third-order valence-electron chi connectivity index (χ3n) is 2.99. The van der Waals surface area contributed by atoms with E-state index in [9.17, 15) is 9.59 Å². The molecule has 0 saturated carbocycles. The summed E-state index contributed by atoms with van der Waals surface area (Å²) in [5.74, 6) is -0.326. The minimum absolute atomic E-state index is 0.0436. The van der Waals surface area contributed by atoms with Gasteiger partial charge in [-0.15, -0.1) is 0 Å². The number of hydrogen-bond donors (Lipinski definition) is 0. The van der Waals surface area contributed by atoms with E-state index in [-0.39, 0.29) is 11.9 Å². The highest BCUT2D eigenvalue weighted by Gasteiger charge is 2.28. The van der Waals surface area contributed by atoms with Gasteiger partial charge in [0.05, 0.1) is 7.11 Å². The molecule has 0 radical (unpaired) electrons. The second-order valence-corrected chi connectivity index (χ2v) is 5.23. The lowest BCUT2D eigenvalue weighted by atomic mass is 10.0. The topological polar surface area (TPSA) is 46.6 Å². The molecule has 0 bridgehead atoms. The number of para-hydroxylation sites is 1.